The molecule has 0 radical (unpaired) electrons. The zero-order valence-corrected chi connectivity index (χ0v) is 13.6. The van der Waals surface area contributed by atoms with Crippen LogP contribution in [-0.4, -0.2) is 52.0 Å². The van der Waals surface area contributed by atoms with Gasteiger partial charge in [-0.2, -0.15) is 4.98 Å². The fourth-order valence-electron chi connectivity index (χ4n) is 2.78. The van der Waals surface area contributed by atoms with Gasteiger partial charge >= 0.3 is 0 Å². The standard InChI is InChI=1S/C16H22N4O3/c1-3-13-12(5-10-22-13)16(21)20-8-6-19(7-9-20)11-14-17-15(4-2)23-18-14/h5,10H,3-4,6-9,11H2,1-2H3. The van der Waals surface area contributed by atoms with Crippen LogP contribution >= 0.6 is 0 Å². The van der Waals surface area contributed by atoms with Crippen molar-refractivity contribution in [3.63, 3.8) is 0 Å². The highest BCUT2D eigenvalue weighted by molar-refractivity contribution is 5.95. The maximum atomic E-state index is 12.6. The van der Waals surface area contributed by atoms with E-state index in [4.69, 9.17) is 8.94 Å². The van der Waals surface area contributed by atoms with Crippen LogP contribution < -0.4 is 0 Å². The summed E-state index contributed by atoms with van der Waals surface area (Å²) < 4.78 is 10.5. The maximum Gasteiger partial charge on any atom is 0.257 e. The summed E-state index contributed by atoms with van der Waals surface area (Å²) >= 11 is 0. The molecule has 1 aliphatic heterocycles. The molecule has 1 saturated heterocycles. The van der Waals surface area contributed by atoms with Crippen LogP contribution in [0.25, 0.3) is 0 Å². The van der Waals surface area contributed by atoms with E-state index in [1.54, 1.807) is 12.3 Å². The van der Waals surface area contributed by atoms with Gasteiger partial charge < -0.3 is 13.8 Å². The van der Waals surface area contributed by atoms with Crippen molar-refractivity contribution < 1.29 is 13.7 Å². The van der Waals surface area contributed by atoms with E-state index in [0.717, 1.165) is 31.7 Å². The van der Waals surface area contributed by atoms with Gasteiger partial charge in [0.25, 0.3) is 5.91 Å². The second-order valence-corrected chi connectivity index (χ2v) is 5.64. The van der Waals surface area contributed by atoms with Crippen LogP contribution in [0.2, 0.25) is 0 Å². The van der Waals surface area contributed by atoms with Crippen LogP contribution in [0.15, 0.2) is 21.3 Å². The largest absolute Gasteiger partial charge is 0.469 e. The lowest BCUT2D eigenvalue weighted by atomic mass is 10.1. The number of carbonyl (C=O) groups excluding carboxylic acids is 1. The van der Waals surface area contributed by atoms with E-state index in [0.29, 0.717) is 36.9 Å². The lowest BCUT2D eigenvalue weighted by Gasteiger charge is -2.34. The number of aryl methyl sites for hydroxylation is 2. The Balaban J connectivity index is 1.54. The van der Waals surface area contributed by atoms with E-state index < -0.39 is 0 Å². The molecule has 0 bridgehead atoms. The Bertz CT molecular complexity index is 656. The van der Waals surface area contributed by atoms with Crippen LogP contribution in [0.5, 0.6) is 0 Å². The highest BCUT2D eigenvalue weighted by Gasteiger charge is 2.25. The predicted octanol–water partition coefficient (Wildman–Crippen LogP) is 1.75. The number of piperazine rings is 1. The number of furan rings is 1. The fraction of sp³-hybridized carbons (Fsp3) is 0.562. The smallest absolute Gasteiger partial charge is 0.257 e. The Morgan fingerprint density at radius 2 is 2.00 bits per heavy atom. The van der Waals surface area contributed by atoms with Gasteiger partial charge in [0.15, 0.2) is 5.82 Å². The average molecular weight is 318 g/mol. The van der Waals surface area contributed by atoms with Crippen molar-refractivity contribution in [1.29, 1.82) is 0 Å². The molecule has 0 N–H and O–H groups in total. The molecule has 3 heterocycles. The van der Waals surface area contributed by atoms with Crippen molar-refractivity contribution in [1.82, 2.24) is 19.9 Å². The Morgan fingerprint density at radius 3 is 2.65 bits per heavy atom. The van der Waals surface area contributed by atoms with Crippen LogP contribution in [0.3, 0.4) is 0 Å². The number of rotatable bonds is 5. The fourth-order valence-corrected chi connectivity index (χ4v) is 2.78. The molecule has 2 aromatic heterocycles. The molecule has 0 atom stereocenters. The minimum absolute atomic E-state index is 0.0584. The van der Waals surface area contributed by atoms with Crippen molar-refractivity contribution in [3.8, 4) is 0 Å². The number of nitrogens with zero attached hydrogens (tertiary/aromatic N) is 4. The normalized spacial score (nSPS) is 16.0. The first-order valence-corrected chi connectivity index (χ1v) is 8.10. The zero-order valence-electron chi connectivity index (χ0n) is 13.6. The van der Waals surface area contributed by atoms with Crippen molar-refractivity contribution >= 4 is 5.91 Å². The summed E-state index contributed by atoms with van der Waals surface area (Å²) in [5.74, 6) is 2.20. The number of carbonyl (C=O) groups is 1. The quantitative estimate of drug-likeness (QED) is 0.836. The third kappa shape index (κ3) is 3.44. The molecule has 1 amide bonds. The van der Waals surface area contributed by atoms with Gasteiger partial charge in [-0.25, -0.2) is 0 Å². The molecule has 23 heavy (non-hydrogen) atoms. The Hall–Kier alpha value is -2.15. The second-order valence-electron chi connectivity index (χ2n) is 5.64. The van der Waals surface area contributed by atoms with Crippen molar-refractivity contribution in [2.75, 3.05) is 26.2 Å². The molecule has 0 spiro atoms. The van der Waals surface area contributed by atoms with Crippen molar-refractivity contribution in [2.45, 2.75) is 33.2 Å². The Kier molecular flexibility index (Phi) is 4.76. The Morgan fingerprint density at radius 1 is 1.22 bits per heavy atom. The third-order valence-corrected chi connectivity index (χ3v) is 4.13. The van der Waals surface area contributed by atoms with Crippen molar-refractivity contribution in [2.24, 2.45) is 0 Å². The second kappa shape index (κ2) is 6.95. The highest BCUT2D eigenvalue weighted by atomic mass is 16.5. The van der Waals surface area contributed by atoms with E-state index in [1.165, 1.54) is 0 Å². The number of hydrogen-bond donors (Lipinski definition) is 0. The molecule has 0 aromatic carbocycles. The molecule has 1 aliphatic rings. The lowest BCUT2D eigenvalue weighted by Crippen LogP contribution is -2.48. The van der Waals surface area contributed by atoms with Gasteiger partial charge in [0.1, 0.15) is 5.76 Å². The molecular formula is C16H22N4O3. The minimum atomic E-state index is 0.0584. The zero-order chi connectivity index (χ0) is 16.2. The summed E-state index contributed by atoms with van der Waals surface area (Å²) in [4.78, 5) is 21.0. The van der Waals surface area contributed by atoms with E-state index in [2.05, 4.69) is 15.0 Å². The monoisotopic (exact) mass is 318 g/mol. The highest BCUT2D eigenvalue weighted by Crippen LogP contribution is 2.16. The van der Waals surface area contributed by atoms with Gasteiger partial charge in [0.2, 0.25) is 5.89 Å². The first-order valence-electron chi connectivity index (χ1n) is 8.10. The third-order valence-electron chi connectivity index (χ3n) is 4.13. The summed E-state index contributed by atoms with van der Waals surface area (Å²) in [6.45, 7) is 7.65. The summed E-state index contributed by atoms with van der Waals surface area (Å²) in [6.07, 6.45) is 3.06. The molecule has 0 saturated carbocycles. The van der Waals surface area contributed by atoms with Gasteiger partial charge in [-0.15, -0.1) is 0 Å². The molecule has 0 unspecified atom stereocenters. The summed E-state index contributed by atoms with van der Waals surface area (Å²) in [5, 5.41) is 3.98. The molecule has 2 aromatic rings. The first-order chi connectivity index (χ1) is 11.2. The van der Waals surface area contributed by atoms with Gasteiger partial charge in [-0.05, 0) is 6.07 Å². The van der Waals surface area contributed by atoms with Crippen LogP contribution in [0, 0.1) is 0 Å². The summed E-state index contributed by atoms with van der Waals surface area (Å²) in [6, 6.07) is 1.76. The molecule has 7 nitrogen and oxygen atoms in total. The van der Waals surface area contributed by atoms with Gasteiger partial charge in [-0.3, -0.25) is 9.69 Å². The van der Waals surface area contributed by atoms with Crippen LogP contribution in [-0.2, 0) is 19.4 Å². The SMILES string of the molecule is CCc1nc(CN2CCN(C(=O)c3ccoc3CC)CC2)no1. The van der Waals surface area contributed by atoms with Crippen LogP contribution in [0.1, 0.15) is 41.7 Å². The van der Waals surface area contributed by atoms with E-state index in [-0.39, 0.29) is 5.91 Å². The first kappa shape index (κ1) is 15.7. The van der Waals surface area contributed by atoms with Crippen molar-refractivity contribution in [3.05, 3.63) is 35.4 Å². The number of aromatic nitrogens is 2. The Labute approximate surface area is 135 Å². The van der Waals surface area contributed by atoms with Crippen LogP contribution in [0.4, 0.5) is 0 Å². The molecule has 0 aliphatic carbocycles. The molecule has 7 heteroatoms. The summed E-state index contributed by atoms with van der Waals surface area (Å²) in [7, 11) is 0. The topological polar surface area (TPSA) is 75.6 Å². The summed E-state index contributed by atoms with van der Waals surface area (Å²) in [5.41, 5.74) is 0.687. The van der Waals surface area contributed by atoms with E-state index in [1.807, 2.05) is 18.7 Å². The molecule has 1 fully saturated rings. The average Bonchev–Trinajstić information content (AvgIpc) is 3.23. The van der Waals surface area contributed by atoms with E-state index in [9.17, 15) is 4.79 Å². The molecule has 124 valence electrons. The number of hydrogen-bond acceptors (Lipinski definition) is 6. The maximum absolute atomic E-state index is 12.6. The van der Waals surface area contributed by atoms with Gasteiger partial charge in [0, 0.05) is 39.0 Å². The van der Waals surface area contributed by atoms with Gasteiger partial charge in [0.05, 0.1) is 18.4 Å². The molecular weight excluding hydrogens is 296 g/mol. The lowest BCUT2D eigenvalue weighted by molar-refractivity contribution is 0.0622. The predicted molar refractivity (Wildman–Crippen MR) is 82.9 cm³/mol. The minimum Gasteiger partial charge on any atom is -0.469 e. The molecule has 3 rings (SSSR count). The van der Waals surface area contributed by atoms with E-state index >= 15 is 0 Å². The number of amides is 1. The van der Waals surface area contributed by atoms with Gasteiger partial charge in [-0.1, -0.05) is 19.0 Å².